The summed E-state index contributed by atoms with van der Waals surface area (Å²) in [6.45, 7) is 5.01. The molecule has 2 atom stereocenters. The minimum absolute atomic E-state index is 0.285. The van der Waals surface area contributed by atoms with Gasteiger partial charge in [0.1, 0.15) is 0 Å². The smallest absolute Gasteiger partial charge is 0.159 e. The van der Waals surface area contributed by atoms with Crippen molar-refractivity contribution in [2.24, 2.45) is 0 Å². The molecule has 0 saturated carbocycles. The van der Waals surface area contributed by atoms with Gasteiger partial charge >= 0.3 is 0 Å². The summed E-state index contributed by atoms with van der Waals surface area (Å²) in [7, 11) is 0. The molecule has 3 nitrogen and oxygen atoms in total. The number of hydrogen-bond donors (Lipinski definition) is 2. The van der Waals surface area contributed by atoms with Crippen molar-refractivity contribution in [1.82, 2.24) is 10.6 Å². The van der Waals surface area contributed by atoms with Crippen molar-refractivity contribution in [3.05, 3.63) is 35.4 Å². The molecule has 2 N–H and O–H groups in total. The standard InChI is InChI=1S/C14H20F2N2O/c1-10(6-12-9-19-5-4-17-12)18-8-11-2-3-13(15)14(16)7-11/h2-3,7,10,12,17-18H,4-6,8-9H2,1H3. The lowest BCUT2D eigenvalue weighted by molar-refractivity contribution is 0.0712. The van der Waals surface area contributed by atoms with Crippen molar-refractivity contribution >= 4 is 0 Å². The van der Waals surface area contributed by atoms with Crippen LogP contribution in [0, 0.1) is 11.6 Å². The van der Waals surface area contributed by atoms with Crippen molar-refractivity contribution in [1.29, 1.82) is 0 Å². The maximum Gasteiger partial charge on any atom is 0.159 e. The molecule has 0 bridgehead atoms. The van der Waals surface area contributed by atoms with Gasteiger partial charge in [-0.3, -0.25) is 0 Å². The Morgan fingerprint density at radius 3 is 2.95 bits per heavy atom. The highest BCUT2D eigenvalue weighted by molar-refractivity contribution is 5.17. The van der Waals surface area contributed by atoms with Crippen LogP contribution < -0.4 is 10.6 Å². The molecule has 106 valence electrons. The van der Waals surface area contributed by atoms with E-state index in [1.165, 1.54) is 6.07 Å². The summed E-state index contributed by atoms with van der Waals surface area (Å²) in [4.78, 5) is 0. The lowest BCUT2D eigenvalue weighted by atomic mass is 10.1. The molecule has 5 heteroatoms. The second-order valence-electron chi connectivity index (χ2n) is 4.99. The van der Waals surface area contributed by atoms with E-state index in [4.69, 9.17) is 4.74 Å². The summed E-state index contributed by atoms with van der Waals surface area (Å²) < 4.78 is 31.2. The third kappa shape index (κ3) is 4.53. The van der Waals surface area contributed by atoms with Crippen molar-refractivity contribution in [2.45, 2.75) is 32.0 Å². The summed E-state index contributed by atoms with van der Waals surface area (Å²) in [5.41, 5.74) is 0.749. The molecular formula is C14H20F2N2O. The molecule has 1 aromatic carbocycles. The highest BCUT2D eigenvalue weighted by Crippen LogP contribution is 2.09. The SMILES string of the molecule is CC(CC1COCCN1)NCc1ccc(F)c(F)c1. The van der Waals surface area contributed by atoms with E-state index in [1.54, 1.807) is 6.07 Å². The topological polar surface area (TPSA) is 33.3 Å². The largest absolute Gasteiger partial charge is 0.379 e. The molecule has 0 aromatic heterocycles. The Morgan fingerprint density at radius 2 is 2.26 bits per heavy atom. The van der Waals surface area contributed by atoms with Crippen LogP contribution in [0.5, 0.6) is 0 Å². The lowest BCUT2D eigenvalue weighted by Crippen LogP contribution is -2.44. The normalized spacial score (nSPS) is 21.3. The summed E-state index contributed by atoms with van der Waals surface area (Å²) in [6.07, 6.45) is 0.948. The molecule has 0 amide bonds. The fourth-order valence-corrected chi connectivity index (χ4v) is 2.22. The Hall–Kier alpha value is -1.04. The number of halogens is 2. The summed E-state index contributed by atoms with van der Waals surface area (Å²) in [6, 6.07) is 4.64. The predicted octanol–water partition coefficient (Wildman–Crippen LogP) is 1.82. The van der Waals surface area contributed by atoms with Gasteiger partial charge in [-0.2, -0.15) is 0 Å². The average molecular weight is 270 g/mol. The van der Waals surface area contributed by atoms with Gasteiger partial charge in [0.25, 0.3) is 0 Å². The number of benzene rings is 1. The summed E-state index contributed by atoms with van der Waals surface area (Å²) >= 11 is 0. The Bertz CT molecular complexity index is 408. The van der Waals surface area contributed by atoms with Crippen LogP contribution in [0.15, 0.2) is 18.2 Å². The van der Waals surface area contributed by atoms with Gasteiger partial charge in [-0.05, 0) is 31.0 Å². The quantitative estimate of drug-likeness (QED) is 0.856. The number of hydrogen-bond acceptors (Lipinski definition) is 3. The van der Waals surface area contributed by atoms with Crippen molar-refractivity contribution < 1.29 is 13.5 Å². The van der Waals surface area contributed by atoms with Crippen LogP contribution in [0.1, 0.15) is 18.9 Å². The molecule has 1 saturated heterocycles. The third-order valence-corrected chi connectivity index (χ3v) is 3.28. The first-order chi connectivity index (χ1) is 9.15. The van der Waals surface area contributed by atoms with Crippen LogP contribution in [0.3, 0.4) is 0 Å². The fraction of sp³-hybridized carbons (Fsp3) is 0.571. The number of morpholine rings is 1. The van der Waals surface area contributed by atoms with Gasteiger partial charge < -0.3 is 15.4 Å². The third-order valence-electron chi connectivity index (χ3n) is 3.28. The first-order valence-electron chi connectivity index (χ1n) is 6.63. The Morgan fingerprint density at radius 1 is 1.42 bits per heavy atom. The van der Waals surface area contributed by atoms with Crippen LogP contribution in [0.25, 0.3) is 0 Å². The molecule has 1 aliphatic heterocycles. The Kier molecular flexibility index (Phi) is 5.24. The van der Waals surface area contributed by atoms with Gasteiger partial charge in [0.2, 0.25) is 0 Å². The average Bonchev–Trinajstić information content (AvgIpc) is 2.41. The zero-order valence-electron chi connectivity index (χ0n) is 11.1. The van der Waals surface area contributed by atoms with E-state index in [2.05, 4.69) is 17.6 Å². The molecule has 1 aromatic rings. The monoisotopic (exact) mass is 270 g/mol. The molecule has 2 rings (SSSR count). The zero-order valence-corrected chi connectivity index (χ0v) is 11.1. The van der Waals surface area contributed by atoms with Crippen LogP contribution in [-0.4, -0.2) is 31.8 Å². The van der Waals surface area contributed by atoms with Crippen molar-refractivity contribution in [3.8, 4) is 0 Å². The summed E-state index contributed by atoms with van der Waals surface area (Å²) in [5.74, 6) is -1.60. The molecule has 0 spiro atoms. The van der Waals surface area contributed by atoms with Gasteiger partial charge in [-0.25, -0.2) is 8.78 Å². The maximum absolute atomic E-state index is 13.0. The van der Waals surface area contributed by atoms with E-state index < -0.39 is 11.6 Å². The molecule has 19 heavy (non-hydrogen) atoms. The van der Waals surface area contributed by atoms with Gasteiger partial charge in [-0.1, -0.05) is 6.07 Å². The number of nitrogens with one attached hydrogen (secondary N) is 2. The van der Waals surface area contributed by atoms with E-state index in [1.807, 2.05) is 0 Å². The van der Waals surface area contributed by atoms with E-state index >= 15 is 0 Å². The van der Waals surface area contributed by atoms with E-state index in [-0.39, 0.29) is 6.04 Å². The van der Waals surface area contributed by atoms with Gasteiger partial charge in [0.15, 0.2) is 11.6 Å². The van der Waals surface area contributed by atoms with Gasteiger partial charge in [0, 0.05) is 25.2 Å². The second-order valence-corrected chi connectivity index (χ2v) is 4.99. The van der Waals surface area contributed by atoms with Crippen molar-refractivity contribution in [3.63, 3.8) is 0 Å². The molecule has 0 radical (unpaired) electrons. The van der Waals surface area contributed by atoms with Crippen LogP contribution in [-0.2, 0) is 11.3 Å². The molecule has 1 fully saturated rings. The van der Waals surface area contributed by atoms with E-state index in [0.717, 1.165) is 37.8 Å². The van der Waals surface area contributed by atoms with Crippen LogP contribution in [0.4, 0.5) is 8.78 Å². The second kappa shape index (κ2) is 6.93. The fourth-order valence-electron chi connectivity index (χ4n) is 2.22. The van der Waals surface area contributed by atoms with Crippen LogP contribution in [0.2, 0.25) is 0 Å². The van der Waals surface area contributed by atoms with E-state index in [0.29, 0.717) is 12.6 Å². The predicted molar refractivity (Wildman–Crippen MR) is 69.9 cm³/mol. The lowest BCUT2D eigenvalue weighted by Gasteiger charge is -2.26. The number of ether oxygens (including phenoxy) is 1. The minimum atomic E-state index is -0.805. The first kappa shape index (κ1) is 14.4. The maximum atomic E-state index is 13.0. The number of rotatable bonds is 5. The minimum Gasteiger partial charge on any atom is -0.379 e. The molecule has 2 unspecified atom stereocenters. The molecule has 1 heterocycles. The van der Waals surface area contributed by atoms with Crippen LogP contribution >= 0.6 is 0 Å². The molecule has 1 aliphatic rings. The zero-order chi connectivity index (χ0) is 13.7. The van der Waals surface area contributed by atoms with Crippen molar-refractivity contribution in [2.75, 3.05) is 19.8 Å². The van der Waals surface area contributed by atoms with Gasteiger partial charge in [-0.15, -0.1) is 0 Å². The summed E-state index contributed by atoms with van der Waals surface area (Å²) in [5, 5.41) is 6.70. The Balaban J connectivity index is 1.75. The first-order valence-corrected chi connectivity index (χ1v) is 6.63. The molecule has 0 aliphatic carbocycles. The Labute approximate surface area is 112 Å². The molecular weight excluding hydrogens is 250 g/mol. The van der Waals surface area contributed by atoms with E-state index in [9.17, 15) is 8.78 Å². The highest BCUT2D eigenvalue weighted by atomic mass is 19.2. The van der Waals surface area contributed by atoms with Gasteiger partial charge in [0.05, 0.1) is 13.2 Å². The highest BCUT2D eigenvalue weighted by Gasteiger charge is 2.15.